The first-order valence-corrected chi connectivity index (χ1v) is 6.00. The SMILES string of the molecule is CC1COC(CO)CN1C(=O)c1cnc(Cl)cn1. The molecule has 18 heavy (non-hydrogen) atoms. The molecule has 0 aliphatic carbocycles. The van der Waals surface area contributed by atoms with Crippen LogP contribution in [0.5, 0.6) is 0 Å². The van der Waals surface area contributed by atoms with Crippen molar-refractivity contribution in [1.29, 1.82) is 0 Å². The maximum atomic E-state index is 12.2. The molecule has 2 unspecified atom stereocenters. The van der Waals surface area contributed by atoms with Gasteiger partial charge in [0, 0.05) is 6.54 Å². The molecular weight excluding hydrogens is 258 g/mol. The Morgan fingerprint density at radius 2 is 2.39 bits per heavy atom. The molecule has 0 saturated carbocycles. The van der Waals surface area contributed by atoms with Gasteiger partial charge in [-0.3, -0.25) is 4.79 Å². The Labute approximate surface area is 110 Å². The molecule has 6 nitrogen and oxygen atoms in total. The molecular formula is C11H14ClN3O3. The Kier molecular flexibility index (Phi) is 4.11. The predicted molar refractivity (Wildman–Crippen MR) is 64.4 cm³/mol. The van der Waals surface area contributed by atoms with Crippen molar-refractivity contribution in [2.45, 2.75) is 19.1 Å². The van der Waals surface area contributed by atoms with E-state index in [0.717, 1.165) is 0 Å². The number of amides is 1. The zero-order chi connectivity index (χ0) is 13.1. The molecule has 0 bridgehead atoms. The summed E-state index contributed by atoms with van der Waals surface area (Å²) >= 11 is 5.62. The number of carbonyl (C=O) groups is 1. The molecule has 1 aromatic rings. The van der Waals surface area contributed by atoms with Crippen LogP contribution in [-0.4, -0.2) is 57.8 Å². The van der Waals surface area contributed by atoms with Gasteiger partial charge in [0.05, 0.1) is 37.8 Å². The van der Waals surface area contributed by atoms with Gasteiger partial charge in [-0.05, 0) is 6.92 Å². The third kappa shape index (κ3) is 2.77. The van der Waals surface area contributed by atoms with Crippen molar-refractivity contribution < 1.29 is 14.6 Å². The van der Waals surface area contributed by atoms with Crippen LogP contribution in [0.2, 0.25) is 5.15 Å². The van der Waals surface area contributed by atoms with E-state index >= 15 is 0 Å². The van der Waals surface area contributed by atoms with Crippen LogP contribution < -0.4 is 0 Å². The minimum absolute atomic E-state index is 0.0576. The normalized spacial score (nSPS) is 24.1. The molecule has 1 fully saturated rings. The Morgan fingerprint density at radius 1 is 1.61 bits per heavy atom. The number of aromatic nitrogens is 2. The van der Waals surface area contributed by atoms with Gasteiger partial charge in [0.2, 0.25) is 0 Å². The minimum atomic E-state index is -0.342. The monoisotopic (exact) mass is 271 g/mol. The Hall–Kier alpha value is -1.24. The van der Waals surface area contributed by atoms with Crippen LogP contribution >= 0.6 is 11.6 Å². The summed E-state index contributed by atoms with van der Waals surface area (Å²) in [4.78, 5) is 21.6. The van der Waals surface area contributed by atoms with E-state index in [9.17, 15) is 4.79 Å². The lowest BCUT2D eigenvalue weighted by molar-refractivity contribution is -0.0668. The Morgan fingerprint density at radius 3 is 3.00 bits per heavy atom. The summed E-state index contributed by atoms with van der Waals surface area (Å²) in [5.74, 6) is -0.228. The standard InChI is InChI=1S/C11H14ClN3O3/c1-7-6-18-8(5-16)4-15(7)11(17)9-2-14-10(12)3-13-9/h2-3,7-8,16H,4-6H2,1H3. The highest BCUT2D eigenvalue weighted by atomic mass is 35.5. The van der Waals surface area contributed by atoms with E-state index in [1.165, 1.54) is 12.4 Å². The van der Waals surface area contributed by atoms with Crippen molar-refractivity contribution in [3.63, 3.8) is 0 Å². The molecule has 1 aliphatic rings. The topological polar surface area (TPSA) is 75.6 Å². The molecule has 0 radical (unpaired) electrons. The second-order valence-electron chi connectivity index (χ2n) is 4.17. The lowest BCUT2D eigenvalue weighted by Crippen LogP contribution is -2.52. The quantitative estimate of drug-likeness (QED) is 0.840. The number of halogens is 1. The van der Waals surface area contributed by atoms with Gasteiger partial charge in [-0.2, -0.15) is 0 Å². The Balaban J connectivity index is 2.13. The fourth-order valence-corrected chi connectivity index (χ4v) is 1.88. The molecule has 98 valence electrons. The van der Waals surface area contributed by atoms with E-state index in [1.54, 1.807) is 4.90 Å². The van der Waals surface area contributed by atoms with Crippen LogP contribution in [0.1, 0.15) is 17.4 Å². The van der Waals surface area contributed by atoms with Crippen LogP contribution in [0.4, 0.5) is 0 Å². The number of morpholine rings is 1. The molecule has 0 aromatic carbocycles. The summed E-state index contributed by atoms with van der Waals surface area (Å²) in [5, 5.41) is 9.32. The van der Waals surface area contributed by atoms with E-state index in [0.29, 0.717) is 13.2 Å². The molecule has 0 spiro atoms. The van der Waals surface area contributed by atoms with Crippen molar-refractivity contribution in [2.24, 2.45) is 0 Å². The average molecular weight is 272 g/mol. The highest BCUT2D eigenvalue weighted by Gasteiger charge is 2.30. The predicted octanol–water partition coefficient (Wildman–Crippen LogP) is 0.352. The fourth-order valence-electron chi connectivity index (χ4n) is 1.78. The van der Waals surface area contributed by atoms with Gasteiger partial charge >= 0.3 is 0 Å². The zero-order valence-corrected chi connectivity index (χ0v) is 10.7. The molecule has 1 saturated heterocycles. The third-order valence-corrected chi connectivity index (χ3v) is 3.00. The summed E-state index contributed by atoms with van der Waals surface area (Å²) in [6.45, 7) is 2.52. The van der Waals surface area contributed by atoms with Gasteiger partial charge in [0.15, 0.2) is 0 Å². The second-order valence-corrected chi connectivity index (χ2v) is 4.56. The molecule has 2 heterocycles. The number of aliphatic hydroxyl groups is 1. The van der Waals surface area contributed by atoms with E-state index in [1.807, 2.05) is 6.92 Å². The molecule has 1 aliphatic heterocycles. The van der Waals surface area contributed by atoms with Gasteiger partial charge in [-0.1, -0.05) is 11.6 Å². The summed E-state index contributed by atoms with van der Waals surface area (Å²) in [6, 6.07) is -0.0576. The molecule has 1 aromatic heterocycles. The van der Waals surface area contributed by atoms with E-state index in [4.69, 9.17) is 21.4 Å². The largest absolute Gasteiger partial charge is 0.394 e. The van der Waals surface area contributed by atoms with E-state index < -0.39 is 0 Å². The van der Waals surface area contributed by atoms with Crippen LogP contribution in [-0.2, 0) is 4.74 Å². The average Bonchev–Trinajstić information content (AvgIpc) is 2.39. The number of hydrogen-bond acceptors (Lipinski definition) is 5. The number of hydrogen-bond donors (Lipinski definition) is 1. The van der Waals surface area contributed by atoms with Crippen LogP contribution in [0.25, 0.3) is 0 Å². The van der Waals surface area contributed by atoms with Crippen molar-refractivity contribution in [3.8, 4) is 0 Å². The second kappa shape index (κ2) is 5.60. The number of aliphatic hydroxyl groups excluding tert-OH is 1. The van der Waals surface area contributed by atoms with Gasteiger partial charge in [0.25, 0.3) is 5.91 Å². The number of nitrogens with zero attached hydrogens (tertiary/aromatic N) is 3. The molecule has 1 amide bonds. The van der Waals surface area contributed by atoms with Crippen molar-refractivity contribution in [3.05, 3.63) is 23.2 Å². The Bertz CT molecular complexity index is 426. The maximum Gasteiger partial charge on any atom is 0.274 e. The third-order valence-electron chi connectivity index (χ3n) is 2.81. The van der Waals surface area contributed by atoms with Crippen LogP contribution in [0.15, 0.2) is 12.4 Å². The van der Waals surface area contributed by atoms with E-state index in [-0.39, 0.29) is 35.5 Å². The smallest absolute Gasteiger partial charge is 0.274 e. The highest BCUT2D eigenvalue weighted by molar-refractivity contribution is 6.29. The first-order valence-electron chi connectivity index (χ1n) is 5.62. The van der Waals surface area contributed by atoms with Gasteiger partial charge in [-0.25, -0.2) is 9.97 Å². The first kappa shape index (κ1) is 13.2. The molecule has 2 atom stereocenters. The molecule has 1 N–H and O–H groups in total. The van der Waals surface area contributed by atoms with Crippen molar-refractivity contribution in [2.75, 3.05) is 19.8 Å². The summed E-state index contributed by atoms with van der Waals surface area (Å²) < 4.78 is 5.37. The van der Waals surface area contributed by atoms with E-state index in [2.05, 4.69) is 9.97 Å². The summed E-state index contributed by atoms with van der Waals surface area (Å²) in [5.41, 5.74) is 0.241. The maximum absolute atomic E-state index is 12.2. The summed E-state index contributed by atoms with van der Waals surface area (Å²) in [7, 11) is 0. The molecule has 2 rings (SSSR count). The fraction of sp³-hybridized carbons (Fsp3) is 0.545. The first-order chi connectivity index (χ1) is 8.61. The summed E-state index contributed by atoms with van der Waals surface area (Å²) in [6.07, 6.45) is 2.34. The zero-order valence-electron chi connectivity index (χ0n) is 9.91. The van der Waals surface area contributed by atoms with Crippen molar-refractivity contribution in [1.82, 2.24) is 14.9 Å². The van der Waals surface area contributed by atoms with Gasteiger partial charge in [-0.15, -0.1) is 0 Å². The minimum Gasteiger partial charge on any atom is -0.394 e. The number of carbonyl (C=O) groups excluding carboxylic acids is 1. The highest BCUT2D eigenvalue weighted by Crippen LogP contribution is 2.14. The number of ether oxygens (including phenoxy) is 1. The van der Waals surface area contributed by atoms with Gasteiger partial charge in [0.1, 0.15) is 10.8 Å². The lowest BCUT2D eigenvalue weighted by atomic mass is 10.2. The number of rotatable bonds is 2. The van der Waals surface area contributed by atoms with Crippen LogP contribution in [0, 0.1) is 0 Å². The van der Waals surface area contributed by atoms with Gasteiger partial charge < -0.3 is 14.7 Å². The van der Waals surface area contributed by atoms with Crippen molar-refractivity contribution >= 4 is 17.5 Å². The van der Waals surface area contributed by atoms with Crippen LogP contribution in [0.3, 0.4) is 0 Å². The molecule has 7 heteroatoms. The lowest BCUT2D eigenvalue weighted by Gasteiger charge is -2.37.